The van der Waals surface area contributed by atoms with Crippen molar-refractivity contribution in [1.29, 1.82) is 0 Å². The SMILES string of the molecule is Clc1ccc2c(N3CCN(C[C]4[CH][CH][CH][CH]4)CCN(c4ccnc5cc(Cl)ccc45)CC3)ccnc2c1.[CH]1[CH][CH][CH][CH]1.[Fe+2]. The topological polar surface area (TPSA) is 35.5 Å². The van der Waals surface area contributed by atoms with E-state index in [1.807, 2.05) is 68.8 Å². The Morgan fingerprint density at radius 1 is 0.558 bits per heavy atom. The fourth-order valence-corrected chi connectivity index (χ4v) is 5.94. The largest absolute Gasteiger partial charge is 2.00 e. The van der Waals surface area contributed by atoms with Crippen LogP contribution in [0.25, 0.3) is 21.8 Å². The van der Waals surface area contributed by atoms with Crippen molar-refractivity contribution in [1.82, 2.24) is 14.9 Å². The van der Waals surface area contributed by atoms with Crippen LogP contribution in [0.1, 0.15) is 0 Å². The third-order valence-electron chi connectivity index (χ3n) is 7.75. The third-order valence-corrected chi connectivity index (χ3v) is 8.22. The molecule has 0 spiro atoms. The second-order valence-corrected chi connectivity index (χ2v) is 11.4. The van der Waals surface area contributed by atoms with Crippen molar-refractivity contribution >= 4 is 56.4 Å². The number of aromatic nitrogens is 2. The summed E-state index contributed by atoms with van der Waals surface area (Å²) < 4.78 is 0. The van der Waals surface area contributed by atoms with Gasteiger partial charge in [-0.25, -0.2) is 0 Å². The maximum absolute atomic E-state index is 6.28. The molecule has 0 unspecified atom stereocenters. The van der Waals surface area contributed by atoms with E-state index in [4.69, 9.17) is 23.2 Å². The molecular weight excluding hydrogens is 617 g/mol. The second kappa shape index (κ2) is 15.8. The number of anilines is 2. The molecule has 0 N–H and O–H groups in total. The number of benzene rings is 2. The van der Waals surface area contributed by atoms with Gasteiger partial charge < -0.3 is 9.80 Å². The Bertz CT molecular complexity index is 1370. The molecule has 0 atom stereocenters. The van der Waals surface area contributed by atoms with Crippen molar-refractivity contribution in [2.75, 3.05) is 55.6 Å². The van der Waals surface area contributed by atoms with Gasteiger partial charge in [-0.05, 0) is 112 Å². The van der Waals surface area contributed by atoms with Crippen molar-refractivity contribution in [3.63, 3.8) is 0 Å². The standard InChI is InChI=1S/C30H28Cl2N5.C5H5.Fe/c31-23-5-7-25-27(19-23)33-11-9-29(25)36-15-13-35(21-22-3-1-2-4-22)14-16-37(18-17-36)30-10-12-34-28-20-24(32)6-8-26(28)30;1-2-4-5-3-1;/h1-12,19-20H,13-18,21H2;1-5H;/q;;+2. The van der Waals surface area contributed by atoms with E-state index in [0.717, 1.165) is 67.6 Å². The second-order valence-electron chi connectivity index (χ2n) is 10.5. The van der Waals surface area contributed by atoms with Crippen LogP contribution < -0.4 is 9.80 Å². The Hall–Kier alpha value is -2.08. The van der Waals surface area contributed by atoms with Gasteiger partial charge in [-0.1, -0.05) is 23.2 Å². The third kappa shape index (κ3) is 8.35. The monoisotopic (exact) mass is 649 g/mol. The van der Waals surface area contributed by atoms with E-state index in [1.165, 1.54) is 17.3 Å². The van der Waals surface area contributed by atoms with Crippen LogP contribution in [-0.4, -0.2) is 60.7 Å². The summed E-state index contributed by atoms with van der Waals surface area (Å²) in [5, 5.41) is 3.67. The molecule has 2 aromatic carbocycles. The molecule has 3 aliphatic rings. The molecule has 3 fully saturated rings. The van der Waals surface area contributed by atoms with Crippen molar-refractivity contribution in [2.45, 2.75) is 0 Å². The molecule has 10 radical (unpaired) electrons. The summed E-state index contributed by atoms with van der Waals surface area (Å²) in [6, 6.07) is 16.2. The van der Waals surface area contributed by atoms with Crippen molar-refractivity contribution in [2.24, 2.45) is 0 Å². The van der Waals surface area contributed by atoms with Crippen LogP contribution in [0.2, 0.25) is 10.0 Å². The van der Waals surface area contributed by atoms with Crippen molar-refractivity contribution in [3.8, 4) is 0 Å². The van der Waals surface area contributed by atoms with Gasteiger partial charge in [0.1, 0.15) is 0 Å². The first-order valence-corrected chi connectivity index (χ1v) is 15.1. The molecule has 43 heavy (non-hydrogen) atoms. The fraction of sp³-hybridized carbons (Fsp3) is 0.200. The molecule has 1 aliphatic heterocycles. The van der Waals surface area contributed by atoms with E-state index in [1.54, 1.807) is 0 Å². The molecule has 0 amide bonds. The smallest absolute Gasteiger partial charge is 0.368 e. The number of fused-ring (bicyclic) bond motifs is 2. The quantitative estimate of drug-likeness (QED) is 0.220. The summed E-state index contributed by atoms with van der Waals surface area (Å²) in [5.41, 5.74) is 4.24. The van der Waals surface area contributed by atoms with Crippen LogP contribution >= 0.6 is 23.2 Å². The van der Waals surface area contributed by atoms with Crippen LogP contribution in [0.3, 0.4) is 0 Å². The van der Waals surface area contributed by atoms with E-state index in [2.05, 4.69) is 74.6 Å². The maximum atomic E-state index is 6.28. The normalized spacial score (nSPS) is 18.6. The molecule has 5 nitrogen and oxygen atoms in total. The molecule has 8 heteroatoms. The zero-order chi connectivity index (χ0) is 28.7. The summed E-state index contributed by atoms with van der Waals surface area (Å²) >= 11 is 12.6. The Kier molecular flexibility index (Phi) is 11.9. The van der Waals surface area contributed by atoms with Crippen LogP contribution in [0.15, 0.2) is 60.9 Å². The van der Waals surface area contributed by atoms with Crippen LogP contribution in [0, 0.1) is 63.7 Å². The van der Waals surface area contributed by atoms with Gasteiger partial charge in [0.25, 0.3) is 0 Å². The van der Waals surface area contributed by atoms with Crippen molar-refractivity contribution in [3.05, 3.63) is 135 Å². The van der Waals surface area contributed by atoms with Crippen molar-refractivity contribution < 1.29 is 17.1 Å². The number of hydrogen-bond donors (Lipinski definition) is 0. The van der Waals surface area contributed by atoms with Gasteiger partial charge in [0.15, 0.2) is 0 Å². The number of nitrogens with zero attached hydrogens (tertiary/aromatic N) is 5. The van der Waals surface area contributed by atoms with E-state index in [9.17, 15) is 0 Å². The van der Waals surface area contributed by atoms with E-state index in [0.29, 0.717) is 10.0 Å². The number of rotatable bonds is 4. The Labute approximate surface area is 277 Å². The van der Waals surface area contributed by atoms with E-state index in [-0.39, 0.29) is 17.1 Å². The number of pyridine rings is 2. The molecule has 4 aromatic rings. The van der Waals surface area contributed by atoms with Gasteiger partial charge in [-0.2, -0.15) is 0 Å². The van der Waals surface area contributed by atoms with Crippen LogP contribution in [0.4, 0.5) is 11.4 Å². The maximum Gasteiger partial charge on any atom is 2.00 e. The molecule has 0 bridgehead atoms. The summed E-state index contributed by atoms with van der Waals surface area (Å²) in [4.78, 5) is 16.7. The average Bonchev–Trinajstić information content (AvgIpc) is 3.76. The first-order chi connectivity index (χ1) is 20.6. The first-order valence-electron chi connectivity index (χ1n) is 14.3. The van der Waals surface area contributed by atoms with E-state index < -0.39 is 0 Å². The molecule has 3 heterocycles. The Balaban J connectivity index is 0.000000559. The van der Waals surface area contributed by atoms with Gasteiger partial charge in [0, 0.05) is 90.4 Å². The van der Waals surface area contributed by atoms with Crippen LogP contribution in [0.5, 0.6) is 0 Å². The first kappa shape index (κ1) is 32.3. The van der Waals surface area contributed by atoms with E-state index >= 15 is 0 Å². The van der Waals surface area contributed by atoms with Gasteiger partial charge >= 0.3 is 17.1 Å². The summed E-state index contributed by atoms with van der Waals surface area (Å²) in [5.74, 6) is 1.35. The average molecular weight is 650 g/mol. The van der Waals surface area contributed by atoms with Gasteiger partial charge in [0.2, 0.25) is 0 Å². The zero-order valence-corrected chi connectivity index (χ0v) is 26.4. The summed E-state index contributed by atoms with van der Waals surface area (Å²) in [6.45, 7) is 6.54. The summed E-state index contributed by atoms with van der Waals surface area (Å²) in [7, 11) is 0. The Morgan fingerprint density at radius 3 is 1.47 bits per heavy atom. The van der Waals surface area contributed by atoms with Crippen LogP contribution in [-0.2, 0) is 17.1 Å². The predicted octanol–water partition coefficient (Wildman–Crippen LogP) is 7.14. The summed E-state index contributed by atoms with van der Waals surface area (Å²) in [6.07, 6.45) is 22.4. The number of halogens is 2. The minimum Gasteiger partial charge on any atom is -0.368 e. The molecule has 2 aromatic heterocycles. The molecular formula is C35H33Cl2FeN5+2. The fourth-order valence-electron chi connectivity index (χ4n) is 5.60. The molecule has 2 aliphatic carbocycles. The predicted molar refractivity (Wildman–Crippen MR) is 176 cm³/mol. The minimum absolute atomic E-state index is 0. The number of hydrogen-bond acceptors (Lipinski definition) is 5. The molecule has 7 rings (SSSR count). The van der Waals surface area contributed by atoms with Gasteiger partial charge in [0.05, 0.1) is 11.0 Å². The van der Waals surface area contributed by atoms with Gasteiger partial charge in [-0.15, -0.1) is 0 Å². The molecule has 1 saturated heterocycles. The minimum atomic E-state index is 0. The Morgan fingerprint density at radius 2 is 1.00 bits per heavy atom. The molecule has 2 saturated carbocycles. The zero-order valence-electron chi connectivity index (χ0n) is 23.8. The van der Waals surface area contributed by atoms with Gasteiger partial charge in [-0.3, -0.25) is 14.9 Å². The molecule has 218 valence electrons.